The number of carbonyl (C=O) groups is 1. The van der Waals surface area contributed by atoms with Gasteiger partial charge in [-0.3, -0.25) is 14.8 Å². The Morgan fingerprint density at radius 2 is 1.35 bits per heavy atom. The minimum absolute atomic E-state index is 0. The van der Waals surface area contributed by atoms with Gasteiger partial charge in [0, 0.05) is 58.7 Å². The summed E-state index contributed by atoms with van der Waals surface area (Å²) < 4.78 is 5.12. The largest absolute Gasteiger partial charge is 0.656 e. The summed E-state index contributed by atoms with van der Waals surface area (Å²) in [6, 6.07) is 34.3. The standard InChI is InChI=1S/C18H11NS.C17H9N2S.C5H8O2.Ir/c1-2-5-12-11(4-1)10-14-13(12)7-8-15-17(14)18-16(20-15)6-3-9-19-18;1-2-5-12-10(4-1)11-7-8-13-15(16(11)19-12)17-14(20-13)6-3-9-18-17;1-4(6)3-5(2)7;/h1-9H,10H2;1-9H;3,6H,1-2H3;/q;-1;;. The van der Waals surface area contributed by atoms with E-state index >= 15 is 0 Å². The van der Waals surface area contributed by atoms with Crippen LogP contribution < -0.4 is 4.98 Å². The third-order valence-corrected chi connectivity index (χ3v) is 10.6. The predicted molar refractivity (Wildman–Crippen MR) is 198 cm³/mol. The Morgan fingerprint density at radius 3 is 2.06 bits per heavy atom. The Labute approximate surface area is 298 Å². The van der Waals surface area contributed by atoms with Crippen molar-refractivity contribution in [2.45, 2.75) is 20.3 Å². The molecule has 0 saturated carbocycles. The first-order valence-electron chi connectivity index (χ1n) is 15.3. The first-order chi connectivity index (χ1) is 23.0. The zero-order chi connectivity index (χ0) is 32.1. The van der Waals surface area contributed by atoms with Crippen LogP contribution in [0.15, 0.2) is 121 Å². The monoisotopic (exact) mass is 839 g/mol. The summed E-state index contributed by atoms with van der Waals surface area (Å²) in [5.74, 6) is -0.0625. The second-order valence-electron chi connectivity index (χ2n) is 11.6. The van der Waals surface area contributed by atoms with Crippen LogP contribution in [0.4, 0.5) is 0 Å². The number of para-hydroxylation sites is 1. The van der Waals surface area contributed by atoms with Crippen molar-refractivity contribution in [3.05, 3.63) is 132 Å². The van der Waals surface area contributed by atoms with Crippen LogP contribution in [0.5, 0.6) is 0 Å². The minimum Gasteiger partial charge on any atom is -0.656 e. The molecule has 0 saturated heterocycles. The molecule has 5 aromatic heterocycles. The van der Waals surface area contributed by atoms with E-state index in [1.165, 1.54) is 82.5 Å². The van der Waals surface area contributed by atoms with Gasteiger partial charge < -0.3 is 10.1 Å². The molecule has 1 radical (unpaired) electrons. The molecular weight excluding hydrogens is 811 g/mol. The van der Waals surface area contributed by atoms with Crippen LogP contribution in [0, 0.1) is 0 Å². The zero-order valence-electron chi connectivity index (χ0n) is 26.0. The minimum atomic E-state index is -0.125. The molecule has 0 amide bonds. The molecule has 4 aromatic carbocycles. The van der Waals surface area contributed by atoms with Crippen LogP contribution in [0.3, 0.4) is 0 Å². The van der Waals surface area contributed by atoms with Crippen molar-refractivity contribution in [1.29, 1.82) is 0 Å². The molecule has 237 valence electrons. The van der Waals surface area contributed by atoms with E-state index < -0.39 is 0 Å². The van der Waals surface area contributed by atoms with Gasteiger partial charge in [0.15, 0.2) is 5.78 Å². The Hall–Kier alpha value is -4.72. The number of thiophene rings is 2. The normalized spacial score (nSPS) is 12.0. The number of aromatic nitrogens is 3. The third-order valence-electron chi connectivity index (χ3n) is 8.38. The first kappa shape index (κ1) is 31.9. The molecule has 0 unspecified atom stereocenters. The molecular formula is C40H28IrN3O2S2-. The Kier molecular flexibility index (Phi) is 8.67. The van der Waals surface area contributed by atoms with Gasteiger partial charge in [-0.25, -0.2) is 0 Å². The van der Waals surface area contributed by atoms with E-state index in [0.717, 1.165) is 28.5 Å². The molecule has 0 spiro atoms. The molecule has 5 nitrogen and oxygen atoms in total. The number of aliphatic hydroxyl groups excluding tert-OH is 1. The molecule has 48 heavy (non-hydrogen) atoms. The van der Waals surface area contributed by atoms with E-state index in [4.69, 9.17) is 10.1 Å². The van der Waals surface area contributed by atoms with Crippen LogP contribution in [0.1, 0.15) is 25.0 Å². The Bertz CT molecular complexity index is 2680. The summed E-state index contributed by atoms with van der Waals surface area (Å²) >= 11 is 3.63. The maximum atomic E-state index is 10.0. The average Bonchev–Trinajstić information content (AvgIpc) is 3.83. The van der Waals surface area contributed by atoms with Gasteiger partial charge >= 0.3 is 0 Å². The second-order valence-corrected chi connectivity index (χ2v) is 13.7. The molecule has 1 aliphatic rings. The summed E-state index contributed by atoms with van der Waals surface area (Å²) in [7, 11) is 0. The van der Waals surface area contributed by atoms with E-state index in [-0.39, 0.29) is 31.6 Å². The van der Waals surface area contributed by atoms with Crippen molar-refractivity contribution in [1.82, 2.24) is 15.0 Å². The van der Waals surface area contributed by atoms with E-state index in [2.05, 4.69) is 88.8 Å². The summed E-state index contributed by atoms with van der Waals surface area (Å²) in [4.78, 5) is 24.0. The second kappa shape index (κ2) is 13.1. The van der Waals surface area contributed by atoms with E-state index in [1.807, 2.05) is 41.9 Å². The van der Waals surface area contributed by atoms with Gasteiger partial charge in [0.2, 0.25) is 0 Å². The number of nitrogens with zero attached hydrogens (tertiary/aromatic N) is 3. The van der Waals surface area contributed by atoms with Crippen molar-refractivity contribution in [3.8, 4) is 11.1 Å². The Morgan fingerprint density at radius 1 is 0.708 bits per heavy atom. The van der Waals surface area contributed by atoms with Gasteiger partial charge in [-0.15, -0.1) is 33.7 Å². The summed E-state index contributed by atoms with van der Waals surface area (Å²) in [5, 5.41) is 13.4. The summed E-state index contributed by atoms with van der Waals surface area (Å²) in [5.41, 5.74) is 10.0. The smallest absolute Gasteiger partial charge is 0.155 e. The molecule has 0 fully saturated rings. The van der Waals surface area contributed by atoms with Gasteiger partial charge in [-0.05, 0) is 89.7 Å². The zero-order valence-corrected chi connectivity index (χ0v) is 30.1. The number of hydrogen-bond donors (Lipinski definition) is 1. The number of benzene rings is 4. The van der Waals surface area contributed by atoms with Crippen molar-refractivity contribution in [3.63, 3.8) is 0 Å². The molecule has 10 rings (SSSR count). The molecule has 1 aliphatic carbocycles. The Balaban J connectivity index is 0.000000126. The molecule has 5 heterocycles. The number of aliphatic hydroxyl groups is 1. The quantitative estimate of drug-likeness (QED) is 0.132. The molecule has 9 aromatic rings. The van der Waals surface area contributed by atoms with E-state index in [9.17, 15) is 4.79 Å². The van der Waals surface area contributed by atoms with Crippen molar-refractivity contribution < 1.29 is 30.0 Å². The average molecular weight is 839 g/mol. The molecule has 0 atom stereocenters. The fraction of sp³-hybridized carbons (Fsp3) is 0.0750. The van der Waals surface area contributed by atoms with E-state index in [0.29, 0.717) is 0 Å². The van der Waals surface area contributed by atoms with Crippen LogP contribution >= 0.6 is 22.7 Å². The molecule has 0 bridgehead atoms. The number of pyridine rings is 2. The van der Waals surface area contributed by atoms with Crippen LogP contribution in [0.25, 0.3) is 73.5 Å². The van der Waals surface area contributed by atoms with Crippen molar-refractivity contribution >= 4 is 90.9 Å². The number of hydrogen-bond acceptors (Lipinski definition) is 6. The number of ketones is 1. The third kappa shape index (κ3) is 5.61. The van der Waals surface area contributed by atoms with E-state index in [1.54, 1.807) is 11.3 Å². The van der Waals surface area contributed by atoms with Gasteiger partial charge in [-0.1, -0.05) is 60.7 Å². The number of allylic oxidation sites excluding steroid dienone is 2. The SMILES string of the molecule is CC(=O)C=C(C)O.[Ir].c1ccc2c(c1)Cc1c-2ccc2sc3cccnc3c12.c1ccc2c(c1)[n-]c1c2ccc2sc3cccnc3c21. The van der Waals surface area contributed by atoms with Crippen LogP contribution in [-0.4, -0.2) is 20.9 Å². The molecule has 1 N–H and O–H groups in total. The van der Waals surface area contributed by atoms with Crippen molar-refractivity contribution in [2.75, 3.05) is 0 Å². The van der Waals surface area contributed by atoms with Gasteiger partial charge in [0.05, 0.1) is 26.2 Å². The molecule has 8 heteroatoms. The maximum absolute atomic E-state index is 10.0. The summed E-state index contributed by atoms with van der Waals surface area (Å²) in [6.45, 7) is 2.85. The number of carbonyl (C=O) groups excluding carboxylic acids is 1. The van der Waals surface area contributed by atoms with Gasteiger partial charge in [0.25, 0.3) is 0 Å². The number of rotatable bonds is 1. The van der Waals surface area contributed by atoms with Gasteiger partial charge in [0.1, 0.15) is 0 Å². The predicted octanol–water partition coefficient (Wildman–Crippen LogP) is 10.8. The van der Waals surface area contributed by atoms with Crippen LogP contribution in [-0.2, 0) is 31.3 Å². The van der Waals surface area contributed by atoms with Crippen molar-refractivity contribution in [2.24, 2.45) is 0 Å². The number of fused-ring (bicyclic) bond motifs is 14. The first-order valence-corrected chi connectivity index (χ1v) is 17.0. The molecule has 0 aliphatic heterocycles. The fourth-order valence-corrected chi connectivity index (χ4v) is 8.69. The van der Waals surface area contributed by atoms with Crippen LogP contribution in [0.2, 0.25) is 0 Å². The fourth-order valence-electron chi connectivity index (χ4n) is 6.53. The maximum Gasteiger partial charge on any atom is 0.155 e. The topological polar surface area (TPSA) is 77.2 Å². The summed E-state index contributed by atoms with van der Waals surface area (Å²) in [6.07, 6.45) is 5.96. The van der Waals surface area contributed by atoms with Gasteiger partial charge in [-0.2, -0.15) is 0 Å².